The second-order valence-electron chi connectivity index (χ2n) is 5.52. The zero-order valence-electron chi connectivity index (χ0n) is 12.7. The predicted octanol–water partition coefficient (Wildman–Crippen LogP) is 1.95. The lowest BCUT2D eigenvalue weighted by Crippen LogP contribution is -2.46. The Morgan fingerprint density at radius 2 is 1.77 bits per heavy atom. The van der Waals surface area contributed by atoms with E-state index in [2.05, 4.69) is 0 Å². The molecule has 5 nitrogen and oxygen atoms in total. The lowest BCUT2D eigenvalue weighted by molar-refractivity contribution is -0.173. The van der Waals surface area contributed by atoms with E-state index in [-0.39, 0.29) is 12.8 Å². The molecule has 0 spiro atoms. The highest BCUT2D eigenvalue weighted by Gasteiger charge is 2.52. The molecule has 0 heterocycles. The summed E-state index contributed by atoms with van der Waals surface area (Å²) in [5.41, 5.74) is 0.304. The van der Waals surface area contributed by atoms with Crippen LogP contribution in [0.25, 0.3) is 6.08 Å². The van der Waals surface area contributed by atoms with Gasteiger partial charge in [-0.1, -0.05) is 42.0 Å². The summed E-state index contributed by atoms with van der Waals surface area (Å²) in [5, 5.41) is 10.1. The summed E-state index contributed by atoms with van der Waals surface area (Å²) < 4.78 is 9.57. The van der Waals surface area contributed by atoms with Crippen molar-refractivity contribution in [2.75, 3.05) is 14.2 Å². The monoisotopic (exact) mass is 304 g/mol. The zero-order valence-corrected chi connectivity index (χ0v) is 12.7. The summed E-state index contributed by atoms with van der Waals surface area (Å²) in [7, 11) is 2.46. The standard InChI is InChI=1S/C17H20O5/c1-21-15(19)17(16(20)22-2)10-13(9-14(18)11-17)8-12-6-4-3-5-7-12/h3-8,14,18H,9-11H2,1-2H3/b13-8+/t14-/m0/s1. The molecule has 0 aromatic heterocycles. The van der Waals surface area contributed by atoms with Crippen LogP contribution in [0.5, 0.6) is 0 Å². The number of rotatable bonds is 3. The molecule has 0 unspecified atom stereocenters. The zero-order chi connectivity index (χ0) is 16.2. The third-order valence-corrected chi connectivity index (χ3v) is 3.93. The molecule has 1 aromatic carbocycles. The topological polar surface area (TPSA) is 72.8 Å². The molecule has 1 aliphatic rings. The smallest absolute Gasteiger partial charge is 0.323 e. The van der Waals surface area contributed by atoms with Crippen LogP contribution in [0.1, 0.15) is 24.8 Å². The van der Waals surface area contributed by atoms with Crippen LogP contribution in [-0.4, -0.2) is 37.4 Å². The Bertz CT molecular complexity index is 560. The minimum absolute atomic E-state index is 0.0124. The molecule has 0 bridgehead atoms. The summed E-state index contributed by atoms with van der Waals surface area (Å²) in [4.78, 5) is 24.3. The van der Waals surface area contributed by atoms with E-state index < -0.39 is 23.5 Å². The fourth-order valence-electron chi connectivity index (χ4n) is 2.99. The Morgan fingerprint density at radius 1 is 1.18 bits per heavy atom. The minimum Gasteiger partial charge on any atom is -0.468 e. The average molecular weight is 304 g/mol. The van der Waals surface area contributed by atoms with Gasteiger partial charge in [0.15, 0.2) is 5.41 Å². The Labute approximate surface area is 129 Å². The molecular weight excluding hydrogens is 284 g/mol. The van der Waals surface area contributed by atoms with Gasteiger partial charge in [0.2, 0.25) is 0 Å². The summed E-state index contributed by atoms with van der Waals surface area (Å²) >= 11 is 0. The number of hydrogen-bond acceptors (Lipinski definition) is 5. The van der Waals surface area contributed by atoms with Crippen LogP contribution in [0, 0.1) is 5.41 Å². The van der Waals surface area contributed by atoms with Crippen LogP contribution >= 0.6 is 0 Å². The normalized spacial score (nSPS) is 22.1. The summed E-state index contributed by atoms with van der Waals surface area (Å²) in [6.45, 7) is 0. The molecule has 1 atom stereocenters. The predicted molar refractivity (Wildman–Crippen MR) is 80.7 cm³/mol. The van der Waals surface area contributed by atoms with Gasteiger partial charge in [0.25, 0.3) is 0 Å². The van der Waals surface area contributed by atoms with Crippen molar-refractivity contribution < 1.29 is 24.2 Å². The average Bonchev–Trinajstić information content (AvgIpc) is 2.53. The molecule has 5 heteroatoms. The largest absolute Gasteiger partial charge is 0.468 e. The third-order valence-electron chi connectivity index (χ3n) is 3.93. The van der Waals surface area contributed by atoms with E-state index in [1.165, 1.54) is 14.2 Å². The fraction of sp³-hybridized carbons (Fsp3) is 0.412. The van der Waals surface area contributed by atoms with Crippen molar-refractivity contribution in [1.29, 1.82) is 0 Å². The van der Waals surface area contributed by atoms with Gasteiger partial charge in [-0.15, -0.1) is 0 Å². The van der Waals surface area contributed by atoms with E-state index in [0.29, 0.717) is 6.42 Å². The molecule has 1 fully saturated rings. The van der Waals surface area contributed by atoms with Gasteiger partial charge < -0.3 is 14.6 Å². The van der Waals surface area contributed by atoms with Crippen molar-refractivity contribution in [3.63, 3.8) is 0 Å². The van der Waals surface area contributed by atoms with Gasteiger partial charge >= 0.3 is 11.9 Å². The summed E-state index contributed by atoms with van der Waals surface area (Å²) in [6, 6.07) is 9.56. The highest BCUT2D eigenvalue weighted by atomic mass is 16.5. The second-order valence-corrected chi connectivity index (χ2v) is 5.52. The molecule has 2 rings (SSSR count). The number of esters is 2. The van der Waals surface area contributed by atoms with Crippen LogP contribution < -0.4 is 0 Å². The fourth-order valence-corrected chi connectivity index (χ4v) is 2.99. The van der Waals surface area contributed by atoms with Crippen LogP contribution in [0.3, 0.4) is 0 Å². The van der Waals surface area contributed by atoms with Crippen LogP contribution in [-0.2, 0) is 19.1 Å². The molecule has 1 N–H and O–H groups in total. The number of aliphatic hydroxyl groups excluding tert-OH is 1. The van der Waals surface area contributed by atoms with Gasteiger partial charge in [-0.3, -0.25) is 9.59 Å². The molecule has 22 heavy (non-hydrogen) atoms. The number of benzene rings is 1. The van der Waals surface area contributed by atoms with Gasteiger partial charge in [0.1, 0.15) is 0 Å². The molecule has 118 valence electrons. The van der Waals surface area contributed by atoms with E-state index in [4.69, 9.17) is 9.47 Å². The van der Waals surface area contributed by atoms with Crippen molar-refractivity contribution in [2.24, 2.45) is 5.41 Å². The molecule has 1 saturated carbocycles. The lowest BCUT2D eigenvalue weighted by Gasteiger charge is -2.35. The van der Waals surface area contributed by atoms with Crippen LogP contribution in [0.2, 0.25) is 0 Å². The molecule has 0 aliphatic heterocycles. The van der Waals surface area contributed by atoms with Crippen molar-refractivity contribution in [3.05, 3.63) is 41.5 Å². The summed E-state index contributed by atoms with van der Waals surface area (Å²) in [5.74, 6) is -1.34. The molecule has 0 radical (unpaired) electrons. The number of aliphatic hydroxyl groups is 1. The Kier molecular flexibility index (Phi) is 4.98. The van der Waals surface area contributed by atoms with Crippen molar-refractivity contribution in [2.45, 2.75) is 25.4 Å². The van der Waals surface area contributed by atoms with E-state index in [9.17, 15) is 14.7 Å². The maximum atomic E-state index is 12.2. The van der Waals surface area contributed by atoms with Crippen molar-refractivity contribution in [3.8, 4) is 0 Å². The van der Waals surface area contributed by atoms with E-state index in [1.807, 2.05) is 36.4 Å². The van der Waals surface area contributed by atoms with Gasteiger partial charge in [-0.05, 0) is 18.4 Å². The second kappa shape index (κ2) is 6.75. The van der Waals surface area contributed by atoms with Crippen LogP contribution in [0.15, 0.2) is 35.9 Å². The number of carbonyl (C=O) groups excluding carboxylic acids is 2. The van der Waals surface area contributed by atoms with E-state index in [0.717, 1.165) is 11.1 Å². The number of ether oxygens (including phenoxy) is 2. The highest BCUT2D eigenvalue weighted by Crippen LogP contribution is 2.42. The van der Waals surface area contributed by atoms with Gasteiger partial charge in [0.05, 0.1) is 20.3 Å². The van der Waals surface area contributed by atoms with Gasteiger partial charge in [-0.25, -0.2) is 0 Å². The first kappa shape index (κ1) is 16.2. The van der Waals surface area contributed by atoms with E-state index >= 15 is 0 Å². The Balaban J connectivity index is 2.38. The first-order chi connectivity index (χ1) is 10.5. The van der Waals surface area contributed by atoms with Gasteiger partial charge in [0, 0.05) is 6.42 Å². The highest BCUT2D eigenvalue weighted by molar-refractivity contribution is 6.00. The third kappa shape index (κ3) is 3.20. The molecule has 0 amide bonds. The van der Waals surface area contributed by atoms with Crippen molar-refractivity contribution >= 4 is 18.0 Å². The van der Waals surface area contributed by atoms with Gasteiger partial charge in [-0.2, -0.15) is 0 Å². The minimum atomic E-state index is -1.47. The van der Waals surface area contributed by atoms with Crippen molar-refractivity contribution in [1.82, 2.24) is 0 Å². The summed E-state index contributed by atoms with van der Waals surface area (Å²) in [6.07, 6.45) is 1.73. The first-order valence-corrected chi connectivity index (χ1v) is 7.11. The molecule has 1 aromatic rings. The number of methoxy groups -OCH3 is 2. The Morgan fingerprint density at radius 3 is 2.32 bits per heavy atom. The maximum absolute atomic E-state index is 12.2. The van der Waals surface area contributed by atoms with E-state index in [1.54, 1.807) is 0 Å². The quantitative estimate of drug-likeness (QED) is 0.682. The first-order valence-electron chi connectivity index (χ1n) is 7.11. The molecule has 1 aliphatic carbocycles. The molecular formula is C17H20O5. The number of carbonyl (C=O) groups is 2. The lowest BCUT2D eigenvalue weighted by atomic mass is 9.70. The van der Waals surface area contributed by atoms with Crippen LogP contribution in [0.4, 0.5) is 0 Å². The maximum Gasteiger partial charge on any atom is 0.323 e. The SMILES string of the molecule is COC(=O)C1(C(=O)OC)C/C(=C/c2ccccc2)C[C@H](O)C1. The Hall–Kier alpha value is -2.14. The number of hydrogen-bond donors (Lipinski definition) is 1. The molecule has 0 saturated heterocycles.